The van der Waals surface area contributed by atoms with Crippen LogP contribution >= 0.6 is 0 Å². The molecule has 0 saturated heterocycles. The summed E-state index contributed by atoms with van der Waals surface area (Å²) in [5, 5.41) is 0. The maximum Gasteiger partial charge on any atom is 0.416 e. The molecule has 8 heteroatoms. The SMILES string of the molecule is FC(F)(F)c1ccc(N(C2=C3C=CC4=C5C(=CC=C(C=C2)C35)C(N(c2ccc(C(F)(F)F)cc2)c2ccc(-c3ccccc3)cc2-c2ccccc2)C=C4)c2ccc(-c3ccccc3)cc2-c2ccccc2)cc1. The molecule has 2 unspecified atom stereocenters. The van der Waals surface area contributed by atoms with E-state index in [0.29, 0.717) is 11.4 Å². The van der Waals surface area contributed by atoms with Crippen LogP contribution in [0.5, 0.6) is 0 Å². The average molecular weight is 979 g/mol. The Morgan fingerprint density at radius 2 is 0.878 bits per heavy atom. The summed E-state index contributed by atoms with van der Waals surface area (Å²) in [6.07, 6.45) is 7.76. The molecule has 4 aliphatic rings. The highest BCUT2D eigenvalue weighted by Gasteiger charge is 2.41. The Hall–Kier alpha value is -8.88. The largest absolute Gasteiger partial charge is 0.416 e. The maximum atomic E-state index is 14.2. The average Bonchev–Trinajstić information content (AvgIpc) is 3.45. The number of hydrogen-bond donors (Lipinski definition) is 0. The predicted octanol–water partition coefficient (Wildman–Crippen LogP) is 18.5. The van der Waals surface area contributed by atoms with E-state index in [2.05, 4.69) is 113 Å². The van der Waals surface area contributed by atoms with E-state index in [-0.39, 0.29) is 5.92 Å². The number of rotatable bonds is 10. The first kappa shape index (κ1) is 46.2. The van der Waals surface area contributed by atoms with Gasteiger partial charge >= 0.3 is 12.4 Å². The van der Waals surface area contributed by atoms with Gasteiger partial charge in [0.05, 0.1) is 28.6 Å². The Labute approximate surface area is 425 Å². The smallest absolute Gasteiger partial charge is 0.330 e. The van der Waals surface area contributed by atoms with Crippen LogP contribution in [0.15, 0.2) is 288 Å². The van der Waals surface area contributed by atoms with Gasteiger partial charge in [0.1, 0.15) is 0 Å². The van der Waals surface area contributed by atoms with E-state index in [0.717, 1.165) is 114 Å². The summed E-state index contributed by atoms with van der Waals surface area (Å²) in [6, 6.07) is 62.9. The van der Waals surface area contributed by atoms with Crippen molar-refractivity contribution < 1.29 is 26.3 Å². The van der Waals surface area contributed by atoms with Gasteiger partial charge in [-0.1, -0.05) is 176 Å². The van der Waals surface area contributed by atoms with Gasteiger partial charge in [0.2, 0.25) is 0 Å². The van der Waals surface area contributed by atoms with Gasteiger partial charge < -0.3 is 9.80 Å². The second-order valence-corrected chi connectivity index (χ2v) is 18.6. The van der Waals surface area contributed by atoms with Crippen molar-refractivity contribution in [3.63, 3.8) is 0 Å². The van der Waals surface area contributed by atoms with E-state index in [9.17, 15) is 26.3 Å². The third kappa shape index (κ3) is 8.52. The Kier molecular flexibility index (Phi) is 11.6. The molecule has 2 nitrogen and oxygen atoms in total. The Bertz CT molecular complexity index is 3660. The van der Waals surface area contributed by atoms with Crippen molar-refractivity contribution in [2.24, 2.45) is 5.92 Å². The highest BCUT2D eigenvalue weighted by atomic mass is 19.4. The molecular formula is C66H44F6N2. The van der Waals surface area contributed by atoms with E-state index in [4.69, 9.17) is 0 Å². The minimum absolute atomic E-state index is 0.299. The molecule has 0 fully saturated rings. The molecule has 0 spiro atoms. The monoisotopic (exact) mass is 978 g/mol. The maximum absolute atomic E-state index is 14.2. The molecule has 4 aliphatic carbocycles. The van der Waals surface area contributed by atoms with Gasteiger partial charge in [-0.3, -0.25) is 0 Å². The van der Waals surface area contributed by atoms with Crippen LogP contribution in [-0.2, 0) is 12.4 Å². The summed E-state index contributed by atoms with van der Waals surface area (Å²) in [5.74, 6) is -0.299. The highest BCUT2D eigenvalue weighted by Crippen LogP contribution is 2.53. The molecule has 360 valence electrons. The number of benzene rings is 8. The number of alkyl halides is 6. The fraction of sp³-hybridized carbons (Fsp3) is 0.0606. The zero-order valence-corrected chi connectivity index (χ0v) is 39.6. The van der Waals surface area contributed by atoms with Crippen LogP contribution < -0.4 is 9.80 Å². The first-order valence-electron chi connectivity index (χ1n) is 24.4. The van der Waals surface area contributed by atoms with Gasteiger partial charge in [0.15, 0.2) is 0 Å². The van der Waals surface area contributed by atoms with E-state index < -0.39 is 29.5 Å². The summed E-state index contributed by atoms with van der Waals surface area (Å²) in [4.78, 5) is 4.21. The number of anilines is 4. The molecule has 0 aromatic heterocycles. The first-order chi connectivity index (χ1) is 36.0. The van der Waals surface area contributed by atoms with E-state index in [1.54, 1.807) is 12.1 Å². The number of halogens is 6. The van der Waals surface area contributed by atoms with Crippen molar-refractivity contribution in [2.45, 2.75) is 18.4 Å². The lowest BCUT2D eigenvalue weighted by atomic mass is 9.67. The summed E-state index contributed by atoms with van der Waals surface area (Å²) >= 11 is 0. The van der Waals surface area contributed by atoms with Crippen LogP contribution in [0.1, 0.15) is 11.1 Å². The van der Waals surface area contributed by atoms with Gasteiger partial charge in [-0.15, -0.1) is 0 Å². The second kappa shape index (κ2) is 18.6. The third-order valence-corrected chi connectivity index (χ3v) is 14.3. The zero-order chi connectivity index (χ0) is 50.6. The second-order valence-electron chi connectivity index (χ2n) is 18.6. The lowest BCUT2D eigenvalue weighted by molar-refractivity contribution is -0.138. The summed E-state index contributed by atoms with van der Waals surface area (Å²) in [6.45, 7) is 0. The highest BCUT2D eigenvalue weighted by molar-refractivity contribution is 5.91. The molecule has 0 radical (unpaired) electrons. The van der Waals surface area contributed by atoms with Crippen LogP contribution in [0.4, 0.5) is 49.1 Å². The number of nitrogens with zero attached hydrogens (tertiary/aromatic N) is 2. The van der Waals surface area contributed by atoms with Gasteiger partial charge in [-0.25, -0.2) is 0 Å². The Balaban J connectivity index is 1.03. The molecule has 0 amide bonds. The number of allylic oxidation sites excluding steroid dienone is 10. The fourth-order valence-corrected chi connectivity index (χ4v) is 10.8. The molecule has 0 aliphatic heterocycles. The molecule has 74 heavy (non-hydrogen) atoms. The van der Waals surface area contributed by atoms with E-state index in [1.807, 2.05) is 103 Å². The molecule has 0 saturated carbocycles. The molecule has 2 atom stereocenters. The summed E-state index contributed by atoms with van der Waals surface area (Å²) < 4.78 is 85.3. The standard InChI is InChI=1S/C66H44F6N2/c67-65(68,69)51-27-31-53(32-28-51)73(61-39-25-49(43-13-5-1-6-14-43)41-57(61)45-17-9-3-10-18-45)59-37-23-47-22-36-56-60(38-24-48-21-35-55(59)63(47)64(48)56)74(54-33-29-52(30-34-54)66(70,71)72)62-40-26-50(44-15-7-2-8-16-44)42-58(62)46-19-11-4-12-20-46/h1-42,59,64H. The molecule has 0 N–H and O–H groups in total. The van der Waals surface area contributed by atoms with Crippen LogP contribution in [0, 0.1) is 5.92 Å². The Morgan fingerprint density at radius 3 is 1.41 bits per heavy atom. The van der Waals surface area contributed by atoms with Gasteiger partial charge in [-0.05, 0) is 140 Å². The van der Waals surface area contributed by atoms with Gasteiger partial charge in [0.25, 0.3) is 0 Å². The van der Waals surface area contributed by atoms with Crippen molar-refractivity contribution in [3.8, 4) is 44.5 Å². The van der Waals surface area contributed by atoms with Crippen molar-refractivity contribution in [1.29, 1.82) is 0 Å². The molecule has 0 bridgehead atoms. The predicted molar refractivity (Wildman–Crippen MR) is 287 cm³/mol. The lowest BCUT2D eigenvalue weighted by Crippen LogP contribution is -2.37. The number of hydrogen-bond acceptors (Lipinski definition) is 2. The van der Waals surface area contributed by atoms with Crippen LogP contribution in [0.25, 0.3) is 44.5 Å². The van der Waals surface area contributed by atoms with Crippen molar-refractivity contribution >= 4 is 22.7 Å². The minimum atomic E-state index is -4.53. The van der Waals surface area contributed by atoms with Crippen molar-refractivity contribution in [3.05, 3.63) is 300 Å². The Morgan fingerprint density at radius 1 is 0.392 bits per heavy atom. The zero-order valence-electron chi connectivity index (χ0n) is 39.6. The molecular weight excluding hydrogens is 935 g/mol. The fourth-order valence-electron chi connectivity index (χ4n) is 10.8. The normalized spacial score (nSPS) is 16.7. The summed E-state index contributed by atoms with van der Waals surface area (Å²) in [5.41, 5.74) is 14.7. The van der Waals surface area contributed by atoms with Gasteiger partial charge in [-0.2, -0.15) is 26.3 Å². The first-order valence-corrected chi connectivity index (χ1v) is 24.4. The molecule has 0 heterocycles. The van der Waals surface area contributed by atoms with E-state index in [1.165, 1.54) is 12.1 Å². The quantitative estimate of drug-likeness (QED) is 0.126. The topological polar surface area (TPSA) is 6.48 Å². The lowest BCUT2D eigenvalue weighted by Gasteiger charge is -2.44. The molecule has 12 rings (SSSR count). The summed E-state index contributed by atoms with van der Waals surface area (Å²) in [7, 11) is 0. The van der Waals surface area contributed by atoms with Crippen molar-refractivity contribution in [1.82, 2.24) is 0 Å². The molecule has 8 aromatic rings. The third-order valence-electron chi connectivity index (χ3n) is 14.3. The molecule has 8 aromatic carbocycles. The van der Waals surface area contributed by atoms with Crippen LogP contribution in [-0.4, -0.2) is 6.04 Å². The van der Waals surface area contributed by atoms with Gasteiger partial charge in [0, 0.05) is 34.1 Å². The van der Waals surface area contributed by atoms with E-state index >= 15 is 0 Å². The van der Waals surface area contributed by atoms with Crippen LogP contribution in [0.2, 0.25) is 0 Å². The minimum Gasteiger partial charge on any atom is -0.330 e. The van der Waals surface area contributed by atoms with Crippen LogP contribution in [0.3, 0.4) is 0 Å². The van der Waals surface area contributed by atoms with Crippen molar-refractivity contribution in [2.75, 3.05) is 9.80 Å².